The standard InChI is InChI=1S/C26H25N3O3S/c27-21-6-9-23(10-7-21)33(30,31)29-17-25(20-12-14-28-15-13-20)24-16-22(8-11-26(24)29)32-18-19-4-2-1-3-5-19/h1-12,16-17,28H,13-15,18,27H2. The Morgan fingerprint density at radius 2 is 1.79 bits per heavy atom. The molecule has 4 aromatic rings. The first kappa shape index (κ1) is 21.3. The first-order valence-electron chi connectivity index (χ1n) is 10.9. The van der Waals surface area contributed by atoms with Crippen molar-refractivity contribution < 1.29 is 13.2 Å². The van der Waals surface area contributed by atoms with Crippen LogP contribution in [0.1, 0.15) is 17.5 Å². The molecule has 2 heterocycles. The average molecular weight is 460 g/mol. The summed E-state index contributed by atoms with van der Waals surface area (Å²) in [5, 5.41) is 4.17. The highest BCUT2D eigenvalue weighted by atomic mass is 32.2. The van der Waals surface area contributed by atoms with Gasteiger partial charge in [-0.1, -0.05) is 36.4 Å². The molecule has 3 aromatic carbocycles. The molecule has 1 aliphatic heterocycles. The summed E-state index contributed by atoms with van der Waals surface area (Å²) in [7, 11) is -3.79. The van der Waals surface area contributed by atoms with Crippen molar-refractivity contribution in [1.82, 2.24) is 9.29 Å². The number of nitrogens with one attached hydrogen (secondary N) is 1. The van der Waals surface area contributed by atoms with E-state index in [1.165, 1.54) is 16.1 Å². The van der Waals surface area contributed by atoms with E-state index in [1.54, 1.807) is 18.3 Å². The Labute approximate surface area is 193 Å². The molecule has 0 saturated carbocycles. The van der Waals surface area contributed by atoms with Gasteiger partial charge in [0.25, 0.3) is 10.0 Å². The van der Waals surface area contributed by atoms with Gasteiger partial charge in [-0.15, -0.1) is 0 Å². The summed E-state index contributed by atoms with van der Waals surface area (Å²) in [6.45, 7) is 2.06. The van der Waals surface area contributed by atoms with E-state index in [0.717, 1.165) is 41.6 Å². The molecule has 0 spiro atoms. The van der Waals surface area contributed by atoms with Crippen molar-refractivity contribution in [3.63, 3.8) is 0 Å². The molecule has 6 nitrogen and oxygen atoms in total. The van der Waals surface area contributed by atoms with Crippen LogP contribution in [0.4, 0.5) is 5.69 Å². The van der Waals surface area contributed by atoms with E-state index in [0.29, 0.717) is 23.6 Å². The van der Waals surface area contributed by atoms with E-state index >= 15 is 0 Å². The molecule has 0 fully saturated rings. The summed E-state index contributed by atoms with van der Waals surface area (Å²) in [4.78, 5) is 0.198. The summed E-state index contributed by atoms with van der Waals surface area (Å²) < 4.78 is 34.4. The maximum Gasteiger partial charge on any atom is 0.268 e. The third kappa shape index (κ3) is 4.25. The van der Waals surface area contributed by atoms with E-state index in [1.807, 2.05) is 48.5 Å². The number of nitrogen functional groups attached to an aromatic ring is 1. The second kappa shape index (κ2) is 8.77. The van der Waals surface area contributed by atoms with Crippen molar-refractivity contribution >= 4 is 32.2 Å². The van der Waals surface area contributed by atoms with Crippen LogP contribution in [0.15, 0.2) is 90.0 Å². The topological polar surface area (TPSA) is 86.4 Å². The highest BCUT2D eigenvalue weighted by Gasteiger charge is 2.23. The molecular formula is C26H25N3O3S. The minimum absolute atomic E-state index is 0.198. The Bertz CT molecular complexity index is 1420. The van der Waals surface area contributed by atoms with E-state index in [9.17, 15) is 8.42 Å². The fourth-order valence-electron chi connectivity index (χ4n) is 4.09. The zero-order chi connectivity index (χ0) is 22.8. The number of nitrogens with two attached hydrogens (primary N) is 1. The third-order valence-corrected chi connectivity index (χ3v) is 7.52. The molecule has 0 radical (unpaired) electrons. The minimum atomic E-state index is -3.79. The van der Waals surface area contributed by atoms with E-state index in [-0.39, 0.29) is 4.90 Å². The molecule has 1 aromatic heterocycles. The molecule has 3 N–H and O–H groups in total. The van der Waals surface area contributed by atoms with Gasteiger partial charge >= 0.3 is 0 Å². The average Bonchev–Trinajstić information content (AvgIpc) is 3.24. The number of fused-ring (bicyclic) bond motifs is 1. The lowest BCUT2D eigenvalue weighted by Crippen LogP contribution is -2.20. The molecular weight excluding hydrogens is 434 g/mol. The molecule has 7 heteroatoms. The van der Waals surface area contributed by atoms with E-state index < -0.39 is 10.0 Å². The number of rotatable bonds is 6. The SMILES string of the molecule is Nc1ccc(S(=O)(=O)n2cc(C3=CCNCC3)c3cc(OCc4ccccc4)ccc32)cc1. The molecule has 1 aliphatic rings. The normalized spacial score (nSPS) is 14.2. The second-order valence-electron chi connectivity index (χ2n) is 8.05. The van der Waals surface area contributed by atoms with Crippen LogP contribution in [0, 0.1) is 0 Å². The van der Waals surface area contributed by atoms with Crippen LogP contribution < -0.4 is 15.8 Å². The van der Waals surface area contributed by atoms with Gasteiger partial charge in [-0.05, 0) is 66.6 Å². The van der Waals surface area contributed by atoms with Crippen LogP contribution in [0.25, 0.3) is 16.5 Å². The van der Waals surface area contributed by atoms with Gasteiger partial charge in [0.05, 0.1) is 10.4 Å². The lowest BCUT2D eigenvalue weighted by atomic mass is 10.00. The Morgan fingerprint density at radius 3 is 2.52 bits per heavy atom. The third-order valence-electron chi connectivity index (χ3n) is 5.84. The van der Waals surface area contributed by atoms with Crippen LogP contribution in [-0.4, -0.2) is 25.5 Å². The summed E-state index contributed by atoms with van der Waals surface area (Å²) in [5.74, 6) is 0.699. The monoisotopic (exact) mass is 459 g/mol. The number of hydrogen-bond acceptors (Lipinski definition) is 5. The highest BCUT2D eigenvalue weighted by molar-refractivity contribution is 7.90. The van der Waals surface area contributed by atoms with Gasteiger partial charge in [-0.2, -0.15) is 0 Å². The van der Waals surface area contributed by atoms with Gasteiger partial charge < -0.3 is 15.8 Å². The molecule has 0 aliphatic carbocycles. The maximum atomic E-state index is 13.5. The molecule has 0 amide bonds. The summed E-state index contributed by atoms with van der Waals surface area (Å²) in [6, 6.07) is 21.8. The lowest BCUT2D eigenvalue weighted by molar-refractivity contribution is 0.306. The first-order chi connectivity index (χ1) is 16.0. The molecule has 0 atom stereocenters. The zero-order valence-corrected chi connectivity index (χ0v) is 18.9. The summed E-state index contributed by atoms with van der Waals surface area (Å²) >= 11 is 0. The highest BCUT2D eigenvalue weighted by Crippen LogP contribution is 2.34. The van der Waals surface area contributed by atoms with Crippen molar-refractivity contribution in [2.75, 3.05) is 18.8 Å². The Hall–Kier alpha value is -3.55. The number of aromatic nitrogens is 1. The zero-order valence-electron chi connectivity index (χ0n) is 18.1. The summed E-state index contributed by atoms with van der Waals surface area (Å²) in [6.07, 6.45) is 4.68. The van der Waals surface area contributed by atoms with Crippen molar-refractivity contribution in [2.24, 2.45) is 0 Å². The number of benzene rings is 3. The van der Waals surface area contributed by atoms with Gasteiger partial charge in [0, 0.05) is 29.4 Å². The number of hydrogen-bond donors (Lipinski definition) is 2. The van der Waals surface area contributed by atoms with E-state index in [2.05, 4.69) is 11.4 Å². The Kier molecular flexibility index (Phi) is 5.66. The molecule has 0 unspecified atom stereocenters. The van der Waals surface area contributed by atoms with Crippen LogP contribution in [0.5, 0.6) is 5.75 Å². The number of ether oxygens (including phenoxy) is 1. The van der Waals surface area contributed by atoms with Crippen molar-refractivity contribution in [2.45, 2.75) is 17.9 Å². The van der Waals surface area contributed by atoms with Crippen molar-refractivity contribution in [3.05, 3.63) is 96.2 Å². The van der Waals surface area contributed by atoms with Crippen LogP contribution in [0.3, 0.4) is 0 Å². The molecule has 5 rings (SSSR count). The largest absolute Gasteiger partial charge is 0.489 e. The van der Waals surface area contributed by atoms with Gasteiger partial charge in [0.15, 0.2) is 0 Å². The quantitative estimate of drug-likeness (QED) is 0.417. The Balaban J connectivity index is 1.60. The lowest BCUT2D eigenvalue weighted by Gasteiger charge is -2.13. The molecule has 0 bridgehead atoms. The van der Waals surface area contributed by atoms with Gasteiger partial charge in [-0.25, -0.2) is 12.4 Å². The van der Waals surface area contributed by atoms with E-state index in [4.69, 9.17) is 10.5 Å². The number of anilines is 1. The first-order valence-corrected chi connectivity index (χ1v) is 12.3. The van der Waals surface area contributed by atoms with Crippen LogP contribution in [0.2, 0.25) is 0 Å². The smallest absolute Gasteiger partial charge is 0.268 e. The fourth-order valence-corrected chi connectivity index (χ4v) is 5.45. The fraction of sp³-hybridized carbons (Fsp3) is 0.154. The van der Waals surface area contributed by atoms with Gasteiger partial charge in [0.2, 0.25) is 0 Å². The predicted octanol–water partition coefficient (Wildman–Crippen LogP) is 4.42. The van der Waals surface area contributed by atoms with Crippen molar-refractivity contribution in [3.8, 4) is 5.75 Å². The maximum absolute atomic E-state index is 13.5. The van der Waals surface area contributed by atoms with Gasteiger partial charge in [-0.3, -0.25) is 0 Å². The summed E-state index contributed by atoms with van der Waals surface area (Å²) in [5.41, 5.74) is 10.0. The molecule has 33 heavy (non-hydrogen) atoms. The predicted molar refractivity (Wildman–Crippen MR) is 132 cm³/mol. The Morgan fingerprint density at radius 1 is 1.00 bits per heavy atom. The van der Waals surface area contributed by atoms with Gasteiger partial charge in [0.1, 0.15) is 12.4 Å². The second-order valence-corrected chi connectivity index (χ2v) is 9.86. The molecule has 168 valence electrons. The molecule has 0 saturated heterocycles. The van der Waals surface area contributed by atoms with Crippen LogP contribution in [-0.2, 0) is 16.6 Å². The minimum Gasteiger partial charge on any atom is -0.489 e. The van der Waals surface area contributed by atoms with Crippen LogP contribution >= 0.6 is 0 Å². The number of nitrogens with zero attached hydrogens (tertiary/aromatic N) is 1. The van der Waals surface area contributed by atoms with Crippen molar-refractivity contribution in [1.29, 1.82) is 0 Å².